The number of hydrogen-bond acceptors (Lipinski definition) is 3. The highest BCUT2D eigenvalue weighted by Crippen LogP contribution is 2.38. The Kier molecular flexibility index (Phi) is 4.27. The molecule has 126 valence electrons. The Morgan fingerprint density at radius 1 is 1.17 bits per heavy atom. The lowest BCUT2D eigenvalue weighted by molar-refractivity contribution is 0.461. The number of benzene rings is 1. The zero-order valence-corrected chi connectivity index (χ0v) is 15.7. The Labute approximate surface area is 151 Å². The van der Waals surface area contributed by atoms with Crippen molar-refractivity contribution in [2.24, 2.45) is 0 Å². The predicted octanol–water partition coefficient (Wildman–Crippen LogP) is 6.08. The van der Waals surface area contributed by atoms with Crippen molar-refractivity contribution >= 4 is 33.7 Å². The van der Waals surface area contributed by atoms with Gasteiger partial charge in [-0.05, 0) is 32.8 Å². The standard InChI is InChI=1S/C19H22ClN3S/c1-12-13(2)24-19-22-17(15-10-6-7-11-16(15)20)18(23(12)19)21-14-8-4-3-5-9-14/h6-7,10-11,14,21H,3-5,8-9H2,1-2H3. The maximum absolute atomic E-state index is 6.47. The van der Waals surface area contributed by atoms with Crippen LogP contribution in [0.15, 0.2) is 24.3 Å². The molecular weight excluding hydrogens is 338 g/mol. The zero-order chi connectivity index (χ0) is 16.7. The minimum atomic E-state index is 0.527. The quantitative estimate of drug-likeness (QED) is 0.614. The highest BCUT2D eigenvalue weighted by Gasteiger charge is 2.23. The van der Waals surface area contributed by atoms with E-state index in [1.165, 1.54) is 42.7 Å². The van der Waals surface area contributed by atoms with Crippen molar-refractivity contribution in [3.63, 3.8) is 0 Å². The normalized spacial score (nSPS) is 16.0. The number of hydrogen-bond donors (Lipinski definition) is 1. The van der Waals surface area contributed by atoms with Gasteiger partial charge in [-0.25, -0.2) is 4.98 Å². The van der Waals surface area contributed by atoms with Gasteiger partial charge in [0, 0.05) is 22.2 Å². The van der Waals surface area contributed by atoms with Crippen molar-refractivity contribution in [3.8, 4) is 11.3 Å². The van der Waals surface area contributed by atoms with E-state index in [0.29, 0.717) is 6.04 Å². The number of aryl methyl sites for hydroxylation is 2. The van der Waals surface area contributed by atoms with Crippen molar-refractivity contribution in [1.82, 2.24) is 9.38 Å². The lowest BCUT2D eigenvalue weighted by Gasteiger charge is -2.24. The SMILES string of the molecule is Cc1sc2nc(-c3ccccc3Cl)c(NC3CCCCC3)n2c1C. The first kappa shape index (κ1) is 16.0. The lowest BCUT2D eigenvalue weighted by Crippen LogP contribution is -2.23. The van der Waals surface area contributed by atoms with Crippen LogP contribution in [0, 0.1) is 13.8 Å². The highest BCUT2D eigenvalue weighted by molar-refractivity contribution is 7.17. The van der Waals surface area contributed by atoms with Crippen LogP contribution in [0.25, 0.3) is 16.2 Å². The summed E-state index contributed by atoms with van der Waals surface area (Å²) in [5.74, 6) is 1.10. The first-order valence-electron chi connectivity index (χ1n) is 8.65. The molecule has 3 aromatic rings. The van der Waals surface area contributed by atoms with Crippen molar-refractivity contribution in [1.29, 1.82) is 0 Å². The van der Waals surface area contributed by atoms with Gasteiger partial charge in [0.25, 0.3) is 0 Å². The second kappa shape index (κ2) is 6.41. The number of fused-ring (bicyclic) bond motifs is 1. The molecule has 0 atom stereocenters. The van der Waals surface area contributed by atoms with Crippen LogP contribution in [0.5, 0.6) is 0 Å². The average molecular weight is 360 g/mol. The Morgan fingerprint density at radius 2 is 1.92 bits per heavy atom. The summed E-state index contributed by atoms with van der Waals surface area (Å²) in [7, 11) is 0. The molecule has 4 rings (SSSR count). The molecule has 2 aromatic heterocycles. The third-order valence-corrected chi connectivity index (χ3v) is 6.40. The third kappa shape index (κ3) is 2.72. The van der Waals surface area contributed by atoms with Crippen molar-refractivity contribution in [2.45, 2.75) is 52.0 Å². The van der Waals surface area contributed by atoms with Crippen molar-refractivity contribution in [3.05, 3.63) is 39.9 Å². The van der Waals surface area contributed by atoms with E-state index in [1.54, 1.807) is 11.3 Å². The van der Waals surface area contributed by atoms with Gasteiger partial charge in [0.2, 0.25) is 0 Å². The molecule has 0 saturated heterocycles. The van der Waals surface area contributed by atoms with E-state index in [2.05, 4.69) is 29.6 Å². The van der Waals surface area contributed by atoms with Gasteiger partial charge in [-0.15, -0.1) is 11.3 Å². The maximum atomic E-state index is 6.47. The second-order valence-corrected chi connectivity index (χ2v) is 8.22. The van der Waals surface area contributed by atoms with E-state index in [9.17, 15) is 0 Å². The third-order valence-electron chi connectivity index (χ3n) is 5.01. The molecule has 1 fully saturated rings. The monoisotopic (exact) mass is 359 g/mol. The summed E-state index contributed by atoms with van der Waals surface area (Å²) in [6.07, 6.45) is 6.44. The second-order valence-electron chi connectivity index (χ2n) is 6.63. The van der Waals surface area contributed by atoms with Crippen LogP contribution in [0.2, 0.25) is 5.02 Å². The number of aromatic nitrogens is 2. The molecule has 1 aromatic carbocycles. The Bertz CT molecular complexity index is 874. The fourth-order valence-electron chi connectivity index (χ4n) is 3.56. The molecule has 3 nitrogen and oxygen atoms in total. The molecule has 0 unspecified atom stereocenters. The summed E-state index contributed by atoms with van der Waals surface area (Å²) in [4.78, 5) is 7.28. The van der Waals surface area contributed by atoms with Crippen molar-refractivity contribution in [2.75, 3.05) is 5.32 Å². The smallest absolute Gasteiger partial charge is 0.196 e. The maximum Gasteiger partial charge on any atom is 0.196 e. The minimum absolute atomic E-state index is 0.527. The highest BCUT2D eigenvalue weighted by atomic mass is 35.5. The van der Waals surface area contributed by atoms with Crippen LogP contribution in [0.4, 0.5) is 5.82 Å². The molecule has 0 amide bonds. The van der Waals surface area contributed by atoms with Crippen molar-refractivity contribution < 1.29 is 0 Å². The molecule has 0 bridgehead atoms. The number of rotatable bonds is 3. The first-order chi connectivity index (χ1) is 11.6. The summed E-state index contributed by atoms with van der Waals surface area (Å²) in [5.41, 5.74) is 3.24. The van der Waals surface area contributed by atoms with Crippen LogP contribution in [0.1, 0.15) is 42.7 Å². The molecule has 1 saturated carbocycles. The number of nitrogens with one attached hydrogen (secondary N) is 1. The predicted molar refractivity (Wildman–Crippen MR) is 103 cm³/mol. The topological polar surface area (TPSA) is 29.3 Å². The summed E-state index contributed by atoms with van der Waals surface area (Å²) in [5, 5.41) is 4.55. The van der Waals surface area contributed by atoms with E-state index in [-0.39, 0.29) is 0 Å². The van der Waals surface area contributed by atoms with Gasteiger partial charge in [0.05, 0.1) is 5.02 Å². The van der Waals surface area contributed by atoms with Gasteiger partial charge < -0.3 is 5.32 Å². The molecule has 2 heterocycles. The van der Waals surface area contributed by atoms with Crippen LogP contribution in [-0.4, -0.2) is 15.4 Å². The van der Waals surface area contributed by atoms with E-state index in [0.717, 1.165) is 27.1 Å². The number of nitrogens with zero attached hydrogens (tertiary/aromatic N) is 2. The van der Waals surface area contributed by atoms with Crippen LogP contribution < -0.4 is 5.32 Å². The summed E-state index contributed by atoms with van der Waals surface area (Å²) in [6.45, 7) is 4.33. The number of imidazole rings is 1. The first-order valence-corrected chi connectivity index (χ1v) is 9.84. The number of anilines is 1. The van der Waals surface area contributed by atoms with Crippen LogP contribution >= 0.6 is 22.9 Å². The molecule has 24 heavy (non-hydrogen) atoms. The molecule has 1 aliphatic carbocycles. The largest absolute Gasteiger partial charge is 0.367 e. The molecular formula is C19H22ClN3S. The Balaban J connectivity index is 1.86. The van der Waals surface area contributed by atoms with Gasteiger partial charge in [-0.1, -0.05) is 49.1 Å². The van der Waals surface area contributed by atoms with E-state index in [4.69, 9.17) is 16.6 Å². The fraction of sp³-hybridized carbons (Fsp3) is 0.421. The van der Waals surface area contributed by atoms with E-state index >= 15 is 0 Å². The van der Waals surface area contributed by atoms with Crippen LogP contribution in [-0.2, 0) is 0 Å². The minimum Gasteiger partial charge on any atom is -0.367 e. The summed E-state index contributed by atoms with van der Waals surface area (Å²) < 4.78 is 2.27. The average Bonchev–Trinajstić information content (AvgIpc) is 3.06. The molecule has 1 N–H and O–H groups in total. The van der Waals surface area contributed by atoms with E-state index in [1.807, 2.05) is 18.2 Å². The Hall–Kier alpha value is -1.52. The fourth-order valence-corrected chi connectivity index (χ4v) is 4.76. The molecule has 0 radical (unpaired) electrons. The summed E-state index contributed by atoms with van der Waals surface area (Å²) in [6, 6.07) is 8.51. The Morgan fingerprint density at radius 3 is 2.67 bits per heavy atom. The van der Waals surface area contributed by atoms with Gasteiger partial charge in [-0.3, -0.25) is 4.40 Å². The van der Waals surface area contributed by atoms with Gasteiger partial charge >= 0.3 is 0 Å². The van der Waals surface area contributed by atoms with Gasteiger partial charge in [-0.2, -0.15) is 0 Å². The van der Waals surface area contributed by atoms with Crippen LogP contribution in [0.3, 0.4) is 0 Å². The number of halogens is 1. The zero-order valence-electron chi connectivity index (χ0n) is 14.1. The molecule has 0 aliphatic heterocycles. The summed E-state index contributed by atoms with van der Waals surface area (Å²) >= 11 is 8.21. The van der Waals surface area contributed by atoms with Gasteiger partial charge in [0.1, 0.15) is 11.5 Å². The molecule has 0 spiro atoms. The number of thiazole rings is 1. The van der Waals surface area contributed by atoms with E-state index < -0.39 is 0 Å². The molecule has 1 aliphatic rings. The van der Waals surface area contributed by atoms with Gasteiger partial charge in [0.15, 0.2) is 4.96 Å². The lowest BCUT2D eigenvalue weighted by atomic mass is 9.95. The molecule has 5 heteroatoms.